The minimum absolute atomic E-state index is 0.126. The van der Waals surface area contributed by atoms with Gasteiger partial charge in [0.2, 0.25) is 0 Å². The zero-order valence-corrected chi connectivity index (χ0v) is 15.7. The van der Waals surface area contributed by atoms with Gasteiger partial charge >= 0.3 is 0 Å². The van der Waals surface area contributed by atoms with Crippen LogP contribution in [-0.4, -0.2) is 21.5 Å². The molecule has 6 heteroatoms. The van der Waals surface area contributed by atoms with Crippen molar-refractivity contribution in [3.05, 3.63) is 85.8 Å². The molecule has 2 aromatic carbocycles. The van der Waals surface area contributed by atoms with Crippen LogP contribution in [0.4, 0.5) is 0 Å². The summed E-state index contributed by atoms with van der Waals surface area (Å²) in [5, 5.41) is 4.44. The molecular weight excluding hydrogens is 369 g/mol. The summed E-state index contributed by atoms with van der Waals surface area (Å²) in [6.45, 7) is 1.89. The van der Waals surface area contributed by atoms with E-state index in [0.29, 0.717) is 21.7 Å². The molecular formula is C20H17Cl2N3O. The SMILES string of the molecule is Cc1[nH]n(-c2ccc(Cl)cc2)c(=O)c1C(=NC1CC1)c1ccc(Cl)cc1. The highest BCUT2D eigenvalue weighted by atomic mass is 35.5. The van der Waals surface area contributed by atoms with Gasteiger partial charge in [-0.1, -0.05) is 35.3 Å². The van der Waals surface area contributed by atoms with E-state index in [1.54, 1.807) is 12.1 Å². The van der Waals surface area contributed by atoms with Gasteiger partial charge in [-0.3, -0.25) is 14.9 Å². The zero-order chi connectivity index (χ0) is 18.3. The van der Waals surface area contributed by atoms with Crippen LogP contribution in [0.1, 0.15) is 29.7 Å². The zero-order valence-electron chi connectivity index (χ0n) is 14.2. The van der Waals surface area contributed by atoms with Crippen LogP contribution in [-0.2, 0) is 0 Å². The highest BCUT2D eigenvalue weighted by molar-refractivity contribution is 6.31. The van der Waals surface area contributed by atoms with Gasteiger partial charge in [0.1, 0.15) is 0 Å². The molecule has 1 fully saturated rings. The molecule has 0 spiro atoms. The van der Waals surface area contributed by atoms with Crippen LogP contribution in [0.2, 0.25) is 10.0 Å². The lowest BCUT2D eigenvalue weighted by Gasteiger charge is -2.06. The number of hydrogen-bond donors (Lipinski definition) is 1. The van der Waals surface area contributed by atoms with Crippen molar-refractivity contribution in [1.29, 1.82) is 0 Å². The number of benzene rings is 2. The van der Waals surface area contributed by atoms with E-state index in [1.165, 1.54) is 4.68 Å². The smallest absolute Gasteiger partial charge is 0.280 e. The second-order valence-corrected chi connectivity index (χ2v) is 7.32. The molecule has 3 aromatic rings. The Bertz CT molecular complexity index is 1030. The second kappa shape index (κ2) is 6.78. The number of hydrogen-bond acceptors (Lipinski definition) is 2. The third kappa shape index (κ3) is 3.35. The van der Waals surface area contributed by atoms with Crippen LogP contribution < -0.4 is 5.56 Å². The summed E-state index contributed by atoms with van der Waals surface area (Å²) in [7, 11) is 0. The first-order chi connectivity index (χ1) is 12.5. The quantitative estimate of drug-likeness (QED) is 0.645. The van der Waals surface area contributed by atoms with Gasteiger partial charge in [-0.15, -0.1) is 0 Å². The summed E-state index contributed by atoms with van der Waals surface area (Å²) in [4.78, 5) is 18.0. The molecule has 26 heavy (non-hydrogen) atoms. The fourth-order valence-corrected chi connectivity index (χ4v) is 3.13. The lowest BCUT2D eigenvalue weighted by atomic mass is 10.0. The number of rotatable bonds is 4. The molecule has 1 aliphatic carbocycles. The Balaban J connectivity index is 1.85. The Kier molecular flexibility index (Phi) is 4.47. The predicted molar refractivity (Wildman–Crippen MR) is 106 cm³/mol. The van der Waals surface area contributed by atoms with E-state index >= 15 is 0 Å². The van der Waals surface area contributed by atoms with E-state index in [-0.39, 0.29) is 5.56 Å². The molecule has 0 saturated heterocycles. The third-order valence-electron chi connectivity index (χ3n) is 4.37. The van der Waals surface area contributed by atoms with Crippen molar-refractivity contribution in [3.8, 4) is 5.69 Å². The standard InChI is InChI=1S/C20H17Cl2N3O/c1-12-18(20(26)25(24-12)17-10-6-15(22)7-11-17)19(23-16-8-9-16)13-2-4-14(21)5-3-13/h2-7,10-11,16,24H,8-9H2,1H3. The number of aromatic nitrogens is 2. The summed E-state index contributed by atoms with van der Waals surface area (Å²) in [5.74, 6) is 0. The van der Waals surface area contributed by atoms with Gasteiger partial charge < -0.3 is 0 Å². The maximum atomic E-state index is 13.2. The molecule has 4 rings (SSSR count). The molecule has 1 saturated carbocycles. The van der Waals surface area contributed by atoms with E-state index in [4.69, 9.17) is 28.2 Å². The number of nitrogens with one attached hydrogen (secondary N) is 1. The van der Waals surface area contributed by atoms with Gasteiger partial charge in [0.15, 0.2) is 0 Å². The molecule has 1 aliphatic rings. The Morgan fingerprint density at radius 3 is 2.19 bits per heavy atom. The van der Waals surface area contributed by atoms with Crippen molar-refractivity contribution >= 4 is 28.9 Å². The van der Waals surface area contributed by atoms with Gasteiger partial charge in [0.05, 0.1) is 23.0 Å². The molecule has 1 aromatic heterocycles. The number of halogens is 2. The molecule has 0 unspecified atom stereocenters. The maximum Gasteiger partial charge on any atom is 0.280 e. The minimum atomic E-state index is -0.126. The van der Waals surface area contributed by atoms with E-state index in [9.17, 15) is 4.79 Å². The Morgan fingerprint density at radius 2 is 1.62 bits per heavy atom. The summed E-state index contributed by atoms with van der Waals surface area (Å²) < 4.78 is 1.53. The molecule has 1 heterocycles. The van der Waals surface area contributed by atoms with Crippen LogP contribution in [0.15, 0.2) is 58.3 Å². The van der Waals surface area contributed by atoms with Crippen LogP contribution in [0.5, 0.6) is 0 Å². The molecule has 0 amide bonds. The summed E-state index contributed by atoms with van der Waals surface area (Å²) in [6, 6.07) is 14.9. The van der Waals surface area contributed by atoms with Crippen molar-refractivity contribution in [2.24, 2.45) is 4.99 Å². The number of aryl methyl sites for hydroxylation is 1. The number of H-pyrrole nitrogens is 1. The molecule has 4 nitrogen and oxygen atoms in total. The highest BCUT2D eigenvalue weighted by Gasteiger charge is 2.25. The molecule has 0 bridgehead atoms. The monoisotopic (exact) mass is 385 g/mol. The lowest BCUT2D eigenvalue weighted by molar-refractivity contribution is 0.835. The van der Waals surface area contributed by atoms with E-state index in [1.807, 2.05) is 43.3 Å². The predicted octanol–water partition coefficient (Wildman–Crippen LogP) is 4.78. The van der Waals surface area contributed by atoms with Crippen LogP contribution in [0.3, 0.4) is 0 Å². The largest absolute Gasteiger partial charge is 0.295 e. The third-order valence-corrected chi connectivity index (χ3v) is 4.87. The van der Waals surface area contributed by atoms with E-state index < -0.39 is 0 Å². The van der Waals surface area contributed by atoms with Crippen molar-refractivity contribution in [2.45, 2.75) is 25.8 Å². The highest BCUT2D eigenvalue weighted by Crippen LogP contribution is 2.26. The first-order valence-electron chi connectivity index (χ1n) is 8.44. The first kappa shape index (κ1) is 17.1. The number of nitrogens with zero attached hydrogens (tertiary/aromatic N) is 2. The van der Waals surface area contributed by atoms with Crippen molar-refractivity contribution in [3.63, 3.8) is 0 Å². The minimum Gasteiger partial charge on any atom is -0.295 e. The summed E-state index contributed by atoms with van der Waals surface area (Å²) in [6.07, 6.45) is 2.12. The van der Waals surface area contributed by atoms with Gasteiger partial charge in [-0.05, 0) is 56.2 Å². The Hall–Kier alpha value is -2.30. The van der Waals surface area contributed by atoms with Gasteiger partial charge in [-0.25, -0.2) is 4.68 Å². The Morgan fingerprint density at radius 1 is 1.04 bits per heavy atom. The van der Waals surface area contributed by atoms with Crippen LogP contribution in [0.25, 0.3) is 5.69 Å². The van der Waals surface area contributed by atoms with Crippen molar-refractivity contribution < 1.29 is 0 Å². The lowest BCUT2D eigenvalue weighted by Crippen LogP contribution is -2.21. The maximum absolute atomic E-state index is 13.2. The molecule has 0 atom stereocenters. The summed E-state index contributed by atoms with van der Waals surface area (Å²) in [5.41, 5.74) is 3.59. The molecule has 1 N–H and O–H groups in total. The van der Waals surface area contributed by atoms with Crippen molar-refractivity contribution in [1.82, 2.24) is 9.78 Å². The number of aliphatic imine (C=N–C) groups is 1. The fraction of sp³-hybridized carbons (Fsp3) is 0.200. The van der Waals surface area contributed by atoms with E-state index in [2.05, 4.69) is 5.10 Å². The molecule has 0 radical (unpaired) electrons. The fourth-order valence-electron chi connectivity index (χ4n) is 2.87. The van der Waals surface area contributed by atoms with Crippen molar-refractivity contribution in [2.75, 3.05) is 0 Å². The Labute approximate surface area is 161 Å². The first-order valence-corrected chi connectivity index (χ1v) is 9.20. The molecule has 132 valence electrons. The molecule has 0 aliphatic heterocycles. The van der Waals surface area contributed by atoms with Gasteiger partial charge in [0, 0.05) is 21.3 Å². The van der Waals surface area contributed by atoms with E-state index in [0.717, 1.165) is 35.5 Å². The average molecular weight is 386 g/mol. The van der Waals surface area contributed by atoms with Gasteiger partial charge in [-0.2, -0.15) is 0 Å². The van der Waals surface area contributed by atoms with Crippen LogP contribution in [0, 0.1) is 6.92 Å². The summed E-state index contributed by atoms with van der Waals surface area (Å²) >= 11 is 12.0. The van der Waals surface area contributed by atoms with Crippen LogP contribution >= 0.6 is 23.2 Å². The van der Waals surface area contributed by atoms with Gasteiger partial charge in [0.25, 0.3) is 5.56 Å². The normalized spacial score (nSPS) is 14.7. The average Bonchev–Trinajstić information content (AvgIpc) is 3.40. The second-order valence-electron chi connectivity index (χ2n) is 6.44. The number of aromatic amines is 1. The topological polar surface area (TPSA) is 50.1 Å².